The molecule has 0 atom stereocenters. The van der Waals surface area contributed by atoms with Crippen molar-refractivity contribution in [2.75, 3.05) is 5.32 Å². The normalized spacial score (nSPS) is 11.2. The van der Waals surface area contributed by atoms with E-state index in [1.807, 2.05) is 22.8 Å². The number of anilines is 1. The van der Waals surface area contributed by atoms with E-state index >= 15 is 0 Å². The van der Waals surface area contributed by atoms with Gasteiger partial charge in [0.15, 0.2) is 11.5 Å². The average molecular weight is 302 g/mol. The van der Waals surface area contributed by atoms with Gasteiger partial charge in [-0.05, 0) is 31.0 Å². The van der Waals surface area contributed by atoms with Crippen molar-refractivity contribution in [3.63, 3.8) is 0 Å². The smallest absolute Gasteiger partial charge is 0.226 e. The fourth-order valence-electron chi connectivity index (χ4n) is 2.22. The molecule has 2 heterocycles. The Bertz CT molecular complexity index is 751. The third-order valence-corrected chi connectivity index (χ3v) is 3.43. The lowest BCUT2D eigenvalue weighted by atomic mass is 10.2. The second kappa shape index (κ2) is 5.69. The lowest BCUT2D eigenvalue weighted by molar-refractivity contribution is 0.617. The van der Waals surface area contributed by atoms with Crippen LogP contribution in [0.15, 0.2) is 36.7 Å². The maximum atomic E-state index is 5.98. The van der Waals surface area contributed by atoms with Gasteiger partial charge >= 0.3 is 0 Å². The summed E-state index contributed by atoms with van der Waals surface area (Å²) in [6.45, 7) is 4.86. The SMILES string of the molecule is CC(C)n1cnc2nc(Cl)nc(NCc3ccccc3)c21. The number of benzene rings is 1. The van der Waals surface area contributed by atoms with Crippen molar-refractivity contribution in [3.05, 3.63) is 47.5 Å². The molecule has 0 bridgehead atoms. The molecule has 0 radical (unpaired) electrons. The Morgan fingerprint density at radius 2 is 1.95 bits per heavy atom. The first-order valence-corrected chi connectivity index (χ1v) is 7.21. The molecule has 21 heavy (non-hydrogen) atoms. The monoisotopic (exact) mass is 301 g/mol. The van der Waals surface area contributed by atoms with Crippen LogP contribution in [0.4, 0.5) is 5.82 Å². The van der Waals surface area contributed by atoms with Gasteiger partial charge in [-0.1, -0.05) is 30.3 Å². The van der Waals surface area contributed by atoms with E-state index < -0.39 is 0 Å². The quantitative estimate of drug-likeness (QED) is 0.747. The van der Waals surface area contributed by atoms with Gasteiger partial charge < -0.3 is 9.88 Å². The zero-order valence-electron chi connectivity index (χ0n) is 11.9. The fourth-order valence-corrected chi connectivity index (χ4v) is 2.38. The van der Waals surface area contributed by atoms with Crippen LogP contribution in [0, 0.1) is 0 Å². The fraction of sp³-hybridized carbons (Fsp3) is 0.267. The summed E-state index contributed by atoms with van der Waals surface area (Å²) in [7, 11) is 0. The van der Waals surface area contributed by atoms with Gasteiger partial charge in [0, 0.05) is 12.6 Å². The van der Waals surface area contributed by atoms with Crippen LogP contribution in [0.25, 0.3) is 11.2 Å². The molecule has 0 fully saturated rings. The molecule has 0 unspecified atom stereocenters. The zero-order valence-corrected chi connectivity index (χ0v) is 12.7. The topological polar surface area (TPSA) is 55.6 Å². The van der Waals surface area contributed by atoms with Crippen molar-refractivity contribution in [2.45, 2.75) is 26.4 Å². The summed E-state index contributed by atoms with van der Waals surface area (Å²) in [5, 5.41) is 3.53. The number of nitrogens with one attached hydrogen (secondary N) is 1. The minimum absolute atomic E-state index is 0.201. The maximum Gasteiger partial charge on any atom is 0.226 e. The largest absolute Gasteiger partial charge is 0.364 e. The van der Waals surface area contributed by atoms with E-state index in [1.54, 1.807) is 6.33 Å². The van der Waals surface area contributed by atoms with Crippen molar-refractivity contribution >= 4 is 28.6 Å². The van der Waals surface area contributed by atoms with E-state index in [4.69, 9.17) is 11.6 Å². The maximum absolute atomic E-state index is 5.98. The number of imidazole rings is 1. The van der Waals surface area contributed by atoms with Crippen LogP contribution >= 0.6 is 11.6 Å². The Hall–Kier alpha value is -2.14. The second-order valence-corrected chi connectivity index (χ2v) is 5.44. The first-order chi connectivity index (χ1) is 10.1. The highest BCUT2D eigenvalue weighted by Crippen LogP contribution is 2.24. The van der Waals surface area contributed by atoms with Crippen LogP contribution in [0.1, 0.15) is 25.5 Å². The number of halogens is 1. The van der Waals surface area contributed by atoms with Crippen molar-refractivity contribution in [2.24, 2.45) is 0 Å². The zero-order chi connectivity index (χ0) is 14.8. The molecule has 3 aromatic rings. The number of rotatable bonds is 4. The van der Waals surface area contributed by atoms with E-state index in [9.17, 15) is 0 Å². The number of hydrogen-bond acceptors (Lipinski definition) is 4. The van der Waals surface area contributed by atoms with E-state index in [0.29, 0.717) is 18.0 Å². The van der Waals surface area contributed by atoms with E-state index in [1.165, 1.54) is 5.56 Å². The minimum atomic E-state index is 0.201. The molecule has 3 rings (SSSR count). The molecule has 0 aliphatic carbocycles. The van der Waals surface area contributed by atoms with Crippen molar-refractivity contribution in [1.82, 2.24) is 19.5 Å². The summed E-state index contributed by atoms with van der Waals surface area (Å²) in [6, 6.07) is 10.4. The summed E-state index contributed by atoms with van der Waals surface area (Å²) in [6.07, 6.45) is 1.77. The molecule has 0 spiro atoms. The number of fused-ring (bicyclic) bond motifs is 1. The van der Waals surface area contributed by atoms with Gasteiger partial charge in [-0.2, -0.15) is 9.97 Å². The molecule has 1 aromatic carbocycles. The molecule has 0 saturated heterocycles. The lowest BCUT2D eigenvalue weighted by Crippen LogP contribution is -2.07. The summed E-state index contributed by atoms with van der Waals surface area (Å²) >= 11 is 5.98. The molecule has 0 amide bonds. The predicted molar refractivity (Wildman–Crippen MR) is 84.5 cm³/mol. The predicted octanol–water partition coefficient (Wildman–Crippen LogP) is 3.67. The van der Waals surface area contributed by atoms with Crippen LogP contribution in [-0.2, 0) is 6.54 Å². The van der Waals surface area contributed by atoms with Crippen LogP contribution in [0.2, 0.25) is 5.28 Å². The van der Waals surface area contributed by atoms with Gasteiger partial charge in [0.25, 0.3) is 0 Å². The van der Waals surface area contributed by atoms with E-state index in [2.05, 4.69) is 46.2 Å². The van der Waals surface area contributed by atoms with Crippen molar-refractivity contribution in [3.8, 4) is 0 Å². The first kappa shape index (κ1) is 13.8. The van der Waals surface area contributed by atoms with Crippen LogP contribution in [0.5, 0.6) is 0 Å². The molecule has 108 valence electrons. The molecule has 1 N–H and O–H groups in total. The number of hydrogen-bond donors (Lipinski definition) is 1. The Morgan fingerprint density at radius 1 is 1.19 bits per heavy atom. The Balaban J connectivity index is 1.98. The van der Waals surface area contributed by atoms with Gasteiger partial charge in [-0.25, -0.2) is 4.98 Å². The van der Waals surface area contributed by atoms with Gasteiger partial charge in [0.05, 0.1) is 6.33 Å². The molecular formula is C15H16ClN5. The summed E-state index contributed by atoms with van der Waals surface area (Å²) in [5.74, 6) is 0.708. The van der Waals surface area contributed by atoms with Crippen molar-refractivity contribution < 1.29 is 0 Å². The number of aromatic nitrogens is 4. The third kappa shape index (κ3) is 2.83. The average Bonchev–Trinajstić information content (AvgIpc) is 2.89. The summed E-state index contributed by atoms with van der Waals surface area (Å²) in [5.41, 5.74) is 2.67. The molecular weight excluding hydrogens is 286 g/mol. The standard InChI is InChI=1S/C15H16ClN5/c1-10(2)21-9-18-14-12(21)13(19-15(16)20-14)17-8-11-6-4-3-5-7-11/h3-7,9-10H,8H2,1-2H3,(H,17,19,20). The minimum Gasteiger partial charge on any atom is -0.364 e. The first-order valence-electron chi connectivity index (χ1n) is 6.83. The highest BCUT2D eigenvalue weighted by molar-refractivity contribution is 6.28. The van der Waals surface area contributed by atoms with Crippen LogP contribution in [-0.4, -0.2) is 19.5 Å². The molecule has 5 nitrogen and oxygen atoms in total. The van der Waals surface area contributed by atoms with Crippen molar-refractivity contribution in [1.29, 1.82) is 0 Å². The van der Waals surface area contributed by atoms with Gasteiger partial charge in [0.2, 0.25) is 5.28 Å². The molecule has 0 saturated carbocycles. The van der Waals surface area contributed by atoms with Gasteiger partial charge in [-0.3, -0.25) is 0 Å². The van der Waals surface area contributed by atoms with Gasteiger partial charge in [0.1, 0.15) is 5.52 Å². The van der Waals surface area contributed by atoms with E-state index in [0.717, 1.165) is 5.52 Å². The summed E-state index contributed by atoms with van der Waals surface area (Å²) < 4.78 is 2.04. The molecule has 0 aliphatic heterocycles. The Kier molecular flexibility index (Phi) is 3.75. The Labute approximate surface area is 128 Å². The highest BCUT2D eigenvalue weighted by atomic mass is 35.5. The molecule has 6 heteroatoms. The lowest BCUT2D eigenvalue weighted by Gasteiger charge is -2.12. The highest BCUT2D eigenvalue weighted by Gasteiger charge is 2.14. The van der Waals surface area contributed by atoms with E-state index in [-0.39, 0.29) is 11.3 Å². The molecule has 2 aromatic heterocycles. The van der Waals surface area contributed by atoms with Crippen LogP contribution in [0.3, 0.4) is 0 Å². The third-order valence-electron chi connectivity index (χ3n) is 3.26. The van der Waals surface area contributed by atoms with Crippen LogP contribution < -0.4 is 5.32 Å². The molecule has 0 aliphatic rings. The number of nitrogens with zero attached hydrogens (tertiary/aromatic N) is 4. The second-order valence-electron chi connectivity index (χ2n) is 5.10. The summed E-state index contributed by atoms with van der Waals surface area (Å²) in [4.78, 5) is 12.8. The Morgan fingerprint density at radius 3 is 2.67 bits per heavy atom. The van der Waals surface area contributed by atoms with Gasteiger partial charge in [-0.15, -0.1) is 0 Å².